The monoisotopic (exact) mass is 317 g/mol. The number of aromatic nitrogens is 1. The third kappa shape index (κ3) is 5.71. The number of hydrogen-bond donors (Lipinski definition) is 3. The van der Waals surface area contributed by atoms with Gasteiger partial charge < -0.3 is 11.1 Å². The Hall–Kier alpha value is -2.27. The lowest BCUT2D eigenvalue weighted by molar-refractivity contribution is -0.385. The summed E-state index contributed by atoms with van der Waals surface area (Å²) in [6, 6.07) is 1.11. The Morgan fingerprint density at radius 1 is 1.48 bits per heavy atom. The second-order valence-electron chi connectivity index (χ2n) is 4.16. The zero-order valence-electron chi connectivity index (χ0n) is 11.2. The lowest BCUT2D eigenvalue weighted by Gasteiger charge is -2.06. The van der Waals surface area contributed by atoms with Crippen molar-refractivity contribution < 1.29 is 18.1 Å². The topological polar surface area (TPSA) is 157 Å². The predicted octanol–water partition coefficient (Wildman–Crippen LogP) is -0.759. The molecule has 1 amide bonds. The van der Waals surface area contributed by atoms with Crippen LogP contribution in [-0.2, 0) is 10.0 Å². The van der Waals surface area contributed by atoms with Gasteiger partial charge in [0.05, 0.1) is 11.2 Å². The highest BCUT2D eigenvalue weighted by molar-refractivity contribution is 7.88. The summed E-state index contributed by atoms with van der Waals surface area (Å²) in [6.07, 6.45) is 2.28. The average molecular weight is 317 g/mol. The van der Waals surface area contributed by atoms with Crippen molar-refractivity contribution in [1.82, 2.24) is 15.0 Å². The molecule has 11 heteroatoms. The van der Waals surface area contributed by atoms with Crippen molar-refractivity contribution in [2.24, 2.45) is 0 Å². The van der Waals surface area contributed by atoms with Crippen LogP contribution in [0.4, 0.5) is 11.5 Å². The third-order valence-corrected chi connectivity index (χ3v) is 3.08. The van der Waals surface area contributed by atoms with E-state index in [2.05, 4.69) is 15.0 Å². The molecule has 0 saturated heterocycles. The zero-order chi connectivity index (χ0) is 16.0. The second-order valence-corrected chi connectivity index (χ2v) is 5.99. The van der Waals surface area contributed by atoms with Crippen molar-refractivity contribution in [2.75, 3.05) is 25.1 Å². The fourth-order valence-corrected chi connectivity index (χ4v) is 1.95. The van der Waals surface area contributed by atoms with Gasteiger partial charge in [-0.25, -0.2) is 18.1 Å². The molecule has 1 rings (SSSR count). The standard InChI is InChI=1S/C10H15N5O5S/c1-21(19,20)14-4-2-3-12-10(16)7-5-9(11)13-6-8(7)15(17)18/h5-6,14H,2-4H2,1H3,(H2,11,13)(H,12,16). The number of amides is 1. The van der Waals surface area contributed by atoms with Gasteiger partial charge in [-0.05, 0) is 12.5 Å². The van der Waals surface area contributed by atoms with Gasteiger partial charge in [-0.15, -0.1) is 0 Å². The molecular formula is C10H15N5O5S. The molecule has 0 fully saturated rings. The van der Waals surface area contributed by atoms with Gasteiger partial charge in [-0.1, -0.05) is 0 Å². The minimum Gasteiger partial charge on any atom is -0.384 e. The number of anilines is 1. The van der Waals surface area contributed by atoms with Crippen molar-refractivity contribution in [2.45, 2.75) is 6.42 Å². The van der Waals surface area contributed by atoms with E-state index in [1.165, 1.54) is 0 Å². The van der Waals surface area contributed by atoms with Crippen LogP contribution in [0.25, 0.3) is 0 Å². The number of hydrogen-bond acceptors (Lipinski definition) is 7. The van der Waals surface area contributed by atoms with Crippen LogP contribution in [0.15, 0.2) is 12.3 Å². The summed E-state index contributed by atoms with van der Waals surface area (Å²) in [4.78, 5) is 25.5. The Balaban J connectivity index is 2.60. The first-order chi connectivity index (χ1) is 9.70. The molecule has 0 radical (unpaired) electrons. The quantitative estimate of drug-likeness (QED) is 0.339. The number of pyridine rings is 1. The fourth-order valence-electron chi connectivity index (χ4n) is 1.43. The predicted molar refractivity (Wildman–Crippen MR) is 75.1 cm³/mol. The third-order valence-electron chi connectivity index (χ3n) is 2.35. The van der Waals surface area contributed by atoms with Gasteiger partial charge in [0.15, 0.2) is 0 Å². The molecule has 0 unspecified atom stereocenters. The number of nitrogens with two attached hydrogens (primary N) is 1. The molecule has 1 heterocycles. The molecular weight excluding hydrogens is 302 g/mol. The maximum absolute atomic E-state index is 11.8. The van der Waals surface area contributed by atoms with Gasteiger partial charge in [0.2, 0.25) is 10.0 Å². The summed E-state index contributed by atoms with van der Waals surface area (Å²) in [7, 11) is -3.28. The fraction of sp³-hybridized carbons (Fsp3) is 0.400. The van der Waals surface area contributed by atoms with Crippen molar-refractivity contribution in [3.63, 3.8) is 0 Å². The highest BCUT2D eigenvalue weighted by Crippen LogP contribution is 2.18. The number of nitro groups is 1. The molecule has 1 aromatic rings. The molecule has 0 aromatic carbocycles. The molecule has 116 valence electrons. The summed E-state index contributed by atoms with van der Waals surface area (Å²) >= 11 is 0. The zero-order valence-corrected chi connectivity index (χ0v) is 12.0. The Morgan fingerprint density at radius 2 is 2.14 bits per heavy atom. The summed E-state index contributed by atoms with van der Waals surface area (Å²) in [6.45, 7) is 0.306. The number of carbonyl (C=O) groups is 1. The number of nitrogen functional groups attached to an aromatic ring is 1. The molecule has 0 spiro atoms. The number of nitrogens with one attached hydrogen (secondary N) is 2. The van der Waals surface area contributed by atoms with Crippen LogP contribution in [0.1, 0.15) is 16.8 Å². The van der Waals surface area contributed by atoms with Gasteiger partial charge in [-0.2, -0.15) is 0 Å². The molecule has 1 aromatic heterocycles. The summed E-state index contributed by atoms with van der Waals surface area (Å²) in [5.41, 5.74) is 4.76. The number of carbonyl (C=O) groups excluding carboxylic acids is 1. The highest BCUT2D eigenvalue weighted by Gasteiger charge is 2.20. The minimum atomic E-state index is -3.28. The molecule has 0 aliphatic rings. The van der Waals surface area contributed by atoms with E-state index in [9.17, 15) is 23.3 Å². The largest absolute Gasteiger partial charge is 0.384 e. The van der Waals surface area contributed by atoms with E-state index >= 15 is 0 Å². The van der Waals surface area contributed by atoms with E-state index in [0.717, 1.165) is 18.5 Å². The van der Waals surface area contributed by atoms with E-state index < -0.39 is 26.5 Å². The average Bonchev–Trinajstić information content (AvgIpc) is 2.36. The van der Waals surface area contributed by atoms with E-state index in [-0.39, 0.29) is 24.5 Å². The van der Waals surface area contributed by atoms with Crippen LogP contribution in [0.2, 0.25) is 0 Å². The van der Waals surface area contributed by atoms with Crippen LogP contribution >= 0.6 is 0 Å². The molecule has 0 aliphatic carbocycles. The number of nitrogens with zero attached hydrogens (tertiary/aromatic N) is 2. The first kappa shape index (κ1) is 16.8. The molecule has 0 aliphatic heterocycles. The lowest BCUT2D eigenvalue weighted by atomic mass is 10.2. The molecule has 0 saturated carbocycles. The summed E-state index contributed by atoms with van der Waals surface area (Å²) < 4.78 is 23.9. The molecule has 0 atom stereocenters. The smallest absolute Gasteiger partial charge is 0.300 e. The first-order valence-corrected chi connectivity index (χ1v) is 7.72. The van der Waals surface area contributed by atoms with Crippen LogP contribution in [0.5, 0.6) is 0 Å². The maximum atomic E-state index is 11.8. The number of rotatable bonds is 7. The van der Waals surface area contributed by atoms with E-state index in [0.29, 0.717) is 6.42 Å². The van der Waals surface area contributed by atoms with Gasteiger partial charge in [0.25, 0.3) is 11.6 Å². The Morgan fingerprint density at radius 3 is 2.71 bits per heavy atom. The highest BCUT2D eigenvalue weighted by atomic mass is 32.2. The maximum Gasteiger partial charge on any atom is 0.300 e. The van der Waals surface area contributed by atoms with Gasteiger partial charge in [0.1, 0.15) is 17.6 Å². The van der Waals surface area contributed by atoms with Crippen LogP contribution in [0, 0.1) is 10.1 Å². The normalized spacial score (nSPS) is 11.1. The van der Waals surface area contributed by atoms with Crippen molar-refractivity contribution >= 4 is 27.4 Å². The molecule has 21 heavy (non-hydrogen) atoms. The minimum absolute atomic E-state index is 0.00973. The molecule has 4 N–H and O–H groups in total. The Kier molecular flexibility index (Phi) is 5.55. The second kappa shape index (κ2) is 6.95. The van der Waals surface area contributed by atoms with E-state index in [4.69, 9.17) is 5.73 Å². The summed E-state index contributed by atoms with van der Waals surface area (Å²) in [5, 5.41) is 13.2. The molecule has 10 nitrogen and oxygen atoms in total. The number of sulfonamides is 1. The van der Waals surface area contributed by atoms with Crippen LogP contribution in [0.3, 0.4) is 0 Å². The summed E-state index contributed by atoms with van der Waals surface area (Å²) in [5.74, 6) is -0.681. The van der Waals surface area contributed by atoms with Crippen molar-refractivity contribution in [1.29, 1.82) is 0 Å². The van der Waals surface area contributed by atoms with E-state index in [1.807, 2.05) is 0 Å². The van der Waals surface area contributed by atoms with Crippen LogP contribution in [-0.4, -0.2) is 43.6 Å². The Bertz CT molecular complexity index is 645. The van der Waals surface area contributed by atoms with Crippen molar-refractivity contribution in [3.8, 4) is 0 Å². The van der Waals surface area contributed by atoms with Gasteiger partial charge in [0, 0.05) is 13.1 Å². The van der Waals surface area contributed by atoms with Crippen molar-refractivity contribution in [3.05, 3.63) is 27.9 Å². The van der Waals surface area contributed by atoms with Gasteiger partial charge in [-0.3, -0.25) is 14.9 Å². The Labute approximate surface area is 120 Å². The lowest BCUT2D eigenvalue weighted by Crippen LogP contribution is -2.29. The molecule has 0 bridgehead atoms. The van der Waals surface area contributed by atoms with Crippen LogP contribution < -0.4 is 15.8 Å². The SMILES string of the molecule is CS(=O)(=O)NCCCNC(=O)c1cc(N)ncc1[N+](=O)[O-]. The van der Waals surface area contributed by atoms with Gasteiger partial charge >= 0.3 is 0 Å². The van der Waals surface area contributed by atoms with E-state index in [1.54, 1.807) is 0 Å². The first-order valence-electron chi connectivity index (χ1n) is 5.83.